The third kappa shape index (κ3) is 4.86. The highest BCUT2D eigenvalue weighted by atomic mass is 16.5. The van der Waals surface area contributed by atoms with Crippen molar-refractivity contribution in [1.82, 2.24) is 5.32 Å². The maximum absolute atomic E-state index is 11.8. The number of amides is 1. The molecule has 0 bridgehead atoms. The third-order valence-corrected chi connectivity index (χ3v) is 3.28. The van der Waals surface area contributed by atoms with Crippen LogP contribution in [0.25, 0.3) is 6.08 Å². The minimum absolute atomic E-state index is 0.0417. The minimum atomic E-state index is -0.748. The summed E-state index contributed by atoms with van der Waals surface area (Å²) in [6, 6.07) is 13.9. The molecular formula is C18H19NO4. The third-order valence-electron chi connectivity index (χ3n) is 3.28. The van der Waals surface area contributed by atoms with Crippen LogP contribution >= 0.6 is 0 Å². The van der Waals surface area contributed by atoms with E-state index in [9.17, 15) is 15.0 Å². The molecule has 1 unspecified atom stereocenters. The Labute approximate surface area is 134 Å². The Morgan fingerprint density at radius 3 is 2.70 bits per heavy atom. The monoisotopic (exact) mass is 313 g/mol. The van der Waals surface area contributed by atoms with E-state index in [2.05, 4.69) is 5.32 Å². The Balaban J connectivity index is 1.89. The highest BCUT2D eigenvalue weighted by Gasteiger charge is 2.07. The average Bonchev–Trinajstić information content (AvgIpc) is 2.59. The summed E-state index contributed by atoms with van der Waals surface area (Å²) in [7, 11) is 1.46. The average molecular weight is 313 g/mol. The second-order valence-electron chi connectivity index (χ2n) is 4.94. The maximum Gasteiger partial charge on any atom is 0.244 e. The van der Waals surface area contributed by atoms with Gasteiger partial charge in [-0.15, -0.1) is 0 Å². The lowest BCUT2D eigenvalue weighted by Gasteiger charge is -2.11. The zero-order valence-electron chi connectivity index (χ0n) is 12.8. The van der Waals surface area contributed by atoms with E-state index in [-0.39, 0.29) is 18.2 Å². The van der Waals surface area contributed by atoms with Gasteiger partial charge in [-0.05, 0) is 29.3 Å². The van der Waals surface area contributed by atoms with Gasteiger partial charge in [0.05, 0.1) is 13.2 Å². The second-order valence-corrected chi connectivity index (χ2v) is 4.94. The van der Waals surface area contributed by atoms with E-state index in [1.807, 2.05) is 18.2 Å². The molecule has 0 aromatic heterocycles. The van der Waals surface area contributed by atoms with Crippen molar-refractivity contribution in [1.29, 1.82) is 0 Å². The van der Waals surface area contributed by atoms with E-state index >= 15 is 0 Å². The fraction of sp³-hybridized carbons (Fsp3) is 0.167. The molecule has 120 valence electrons. The van der Waals surface area contributed by atoms with E-state index in [0.29, 0.717) is 5.75 Å². The number of hydrogen-bond donors (Lipinski definition) is 3. The number of nitrogens with one attached hydrogen (secondary N) is 1. The number of hydrogen-bond acceptors (Lipinski definition) is 4. The number of aliphatic hydroxyl groups is 1. The predicted octanol–water partition coefficient (Wildman–Crippen LogP) is 2.26. The van der Waals surface area contributed by atoms with Gasteiger partial charge in [0.15, 0.2) is 11.5 Å². The molecule has 0 aliphatic heterocycles. The van der Waals surface area contributed by atoms with Crippen molar-refractivity contribution in [2.45, 2.75) is 6.10 Å². The van der Waals surface area contributed by atoms with E-state index in [0.717, 1.165) is 11.1 Å². The lowest BCUT2D eigenvalue weighted by Crippen LogP contribution is -2.26. The van der Waals surface area contributed by atoms with Gasteiger partial charge in [-0.25, -0.2) is 0 Å². The zero-order valence-corrected chi connectivity index (χ0v) is 12.8. The first-order valence-electron chi connectivity index (χ1n) is 7.16. The number of benzene rings is 2. The SMILES string of the molecule is COc1cc(/C=C/C(=O)NCC(O)c2ccccc2)ccc1O. The van der Waals surface area contributed by atoms with Crippen LogP contribution in [0.15, 0.2) is 54.6 Å². The van der Waals surface area contributed by atoms with Gasteiger partial charge in [0.1, 0.15) is 0 Å². The van der Waals surface area contributed by atoms with E-state index in [1.54, 1.807) is 30.3 Å². The summed E-state index contributed by atoms with van der Waals surface area (Å²) >= 11 is 0. The van der Waals surface area contributed by atoms with Gasteiger partial charge >= 0.3 is 0 Å². The molecule has 1 amide bonds. The molecule has 2 aromatic rings. The Morgan fingerprint density at radius 1 is 1.26 bits per heavy atom. The number of phenols is 1. The Bertz CT molecular complexity index is 683. The van der Waals surface area contributed by atoms with Crippen LogP contribution in [0.5, 0.6) is 11.5 Å². The number of ether oxygens (including phenoxy) is 1. The number of aromatic hydroxyl groups is 1. The van der Waals surface area contributed by atoms with Crippen LogP contribution in [0.1, 0.15) is 17.2 Å². The van der Waals surface area contributed by atoms with Crippen LogP contribution < -0.4 is 10.1 Å². The molecule has 23 heavy (non-hydrogen) atoms. The standard InChI is InChI=1S/C18H19NO4/c1-23-17-11-13(7-9-15(17)20)8-10-18(22)19-12-16(21)14-5-3-2-4-6-14/h2-11,16,20-21H,12H2,1H3,(H,19,22)/b10-8+. The van der Waals surface area contributed by atoms with Crippen molar-refractivity contribution in [3.05, 3.63) is 65.7 Å². The molecule has 0 spiro atoms. The Morgan fingerprint density at radius 2 is 2.00 bits per heavy atom. The molecular weight excluding hydrogens is 294 g/mol. The van der Waals surface area contributed by atoms with E-state index in [4.69, 9.17) is 4.74 Å². The smallest absolute Gasteiger partial charge is 0.244 e. The summed E-state index contributed by atoms with van der Waals surface area (Å²) in [5, 5.41) is 22.1. The Hall–Kier alpha value is -2.79. The van der Waals surface area contributed by atoms with Crippen LogP contribution in [-0.2, 0) is 4.79 Å². The van der Waals surface area contributed by atoms with Gasteiger partial charge in [-0.3, -0.25) is 4.79 Å². The second kappa shape index (κ2) is 8.00. The maximum atomic E-state index is 11.8. The van der Waals surface area contributed by atoms with Crippen molar-refractivity contribution in [2.75, 3.05) is 13.7 Å². The molecule has 0 aliphatic carbocycles. The molecule has 2 aromatic carbocycles. The van der Waals surface area contributed by atoms with E-state index in [1.165, 1.54) is 19.3 Å². The summed E-state index contributed by atoms with van der Waals surface area (Å²) < 4.78 is 5.00. The molecule has 1 atom stereocenters. The quantitative estimate of drug-likeness (QED) is 0.715. The fourth-order valence-corrected chi connectivity index (χ4v) is 2.02. The number of aliphatic hydroxyl groups excluding tert-OH is 1. The fourth-order valence-electron chi connectivity index (χ4n) is 2.02. The van der Waals surface area contributed by atoms with E-state index < -0.39 is 6.10 Å². The molecule has 0 saturated heterocycles. The van der Waals surface area contributed by atoms with Gasteiger partial charge < -0.3 is 20.3 Å². The molecule has 3 N–H and O–H groups in total. The highest BCUT2D eigenvalue weighted by molar-refractivity contribution is 5.91. The zero-order chi connectivity index (χ0) is 16.7. The van der Waals surface area contributed by atoms with Crippen molar-refractivity contribution >= 4 is 12.0 Å². The highest BCUT2D eigenvalue weighted by Crippen LogP contribution is 2.26. The number of carbonyl (C=O) groups excluding carboxylic acids is 1. The summed E-state index contributed by atoms with van der Waals surface area (Å²) in [6.45, 7) is 0.131. The summed E-state index contributed by atoms with van der Waals surface area (Å²) in [4.78, 5) is 11.8. The van der Waals surface area contributed by atoms with Gasteiger partial charge in [0, 0.05) is 12.6 Å². The van der Waals surface area contributed by atoms with Crippen LogP contribution in [0.2, 0.25) is 0 Å². The molecule has 0 radical (unpaired) electrons. The van der Waals surface area contributed by atoms with Crippen molar-refractivity contribution in [3.8, 4) is 11.5 Å². The molecule has 2 rings (SSSR count). The number of rotatable bonds is 6. The molecule has 0 fully saturated rings. The van der Waals surface area contributed by atoms with Crippen LogP contribution in [-0.4, -0.2) is 29.8 Å². The first-order valence-corrected chi connectivity index (χ1v) is 7.16. The first kappa shape index (κ1) is 16.6. The topological polar surface area (TPSA) is 78.8 Å². The van der Waals surface area contributed by atoms with Gasteiger partial charge in [0.2, 0.25) is 5.91 Å². The molecule has 5 nitrogen and oxygen atoms in total. The first-order chi connectivity index (χ1) is 11.1. The van der Waals surface area contributed by atoms with Crippen molar-refractivity contribution < 1.29 is 19.7 Å². The van der Waals surface area contributed by atoms with Crippen molar-refractivity contribution in [2.24, 2.45) is 0 Å². The largest absolute Gasteiger partial charge is 0.504 e. The van der Waals surface area contributed by atoms with Gasteiger partial charge in [-0.2, -0.15) is 0 Å². The van der Waals surface area contributed by atoms with Crippen LogP contribution in [0.4, 0.5) is 0 Å². The van der Waals surface area contributed by atoms with Crippen molar-refractivity contribution in [3.63, 3.8) is 0 Å². The lowest BCUT2D eigenvalue weighted by atomic mass is 10.1. The normalized spacial score (nSPS) is 12.1. The molecule has 0 heterocycles. The predicted molar refractivity (Wildman–Crippen MR) is 88.1 cm³/mol. The molecule has 5 heteroatoms. The summed E-state index contributed by atoms with van der Waals surface area (Å²) in [6.07, 6.45) is 2.22. The van der Waals surface area contributed by atoms with Crippen LogP contribution in [0, 0.1) is 0 Å². The molecule has 0 aliphatic rings. The minimum Gasteiger partial charge on any atom is -0.504 e. The van der Waals surface area contributed by atoms with Gasteiger partial charge in [0.25, 0.3) is 0 Å². The lowest BCUT2D eigenvalue weighted by molar-refractivity contribution is -0.116. The number of methoxy groups -OCH3 is 1. The van der Waals surface area contributed by atoms with Gasteiger partial charge in [-0.1, -0.05) is 36.4 Å². The summed E-state index contributed by atoms with van der Waals surface area (Å²) in [5.41, 5.74) is 1.47. The molecule has 0 saturated carbocycles. The number of carbonyl (C=O) groups is 1. The number of phenolic OH excluding ortho intramolecular Hbond substituents is 1. The Kier molecular flexibility index (Phi) is 5.77. The van der Waals surface area contributed by atoms with Crippen LogP contribution in [0.3, 0.4) is 0 Å². The summed E-state index contributed by atoms with van der Waals surface area (Å²) in [5.74, 6) is 0.0687.